The molecule has 2 rings (SSSR count). The smallest absolute Gasteiger partial charge is 0.162 e. The van der Waals surface area contributed by atoms with Crippen molar-refractivity contribution in [1.82, 2.24) is 0 Å². The molecule has 0 aliphatic rings. The maximum Gasteiger partial charge on any atom is 0.162 e. The third-order valence-electron chi connectivity index (χ3n) is 3.18. The van der Waals surface area contributed by atoms with E-state index >= 15 is 0 Å². The van der Waals surface area contributed by atoms with E-state index in [1.807, 2.05) is 12.1 Å². The molecule has 3 nitrogen and oxygen atoms in total. The number of rotatable bonds is 5. The van der Waals surface area contributed by atoms with E-state index in [4.69, 9.17) is 21.1 Å². The SMILES string of the molecule is COc1cc(Cl)c(NCc2ccc(Br)c(C)c2)cc1OC. The number of hydrogen-bond acceptors (Lipinski definition) is 3. The lowest BCUT2D eigenvalue weighted by Gasteiger charge is -2.13. The molecule has 0 aliphatic carbocycles. The topological polar surface area (TPSA) is 30.5 Å². The lowest BCUT2D eigenvalue weighted by atomic mass is 10.1. The molecular formula is C16H17BrClNO2. The molecule has 0 saturated heterocycles. The van der Waals surface area contributed by atoms with Gasteiger partial charge in [0.1, 0.15) is 0 Å². The third-order valence-corrected chi connectivity index (χ3v) is 4.38. The van der Waals surface area contributed by atoms with Crippen LogP contribution in [0.15, 0.2) is 34.8 Å². The van der Waals surface area contributed by atoms with Crippen molar-refractivity contribution in [2.45, 2.75) is 13.5 Å². The number of anilines is 1. The first-order valence-corrected chi connectivity index (χ1v) is 7.62. The summed E-state index contributed by atoms with van der Waals surface area (Å²) in [5.74, 6) is 1.27. The quantitative estimate of drug-likeness (QED) is 0.800. The lowest BCUT2D eigenvalue weighted by molar-refractivity contribution is 0.355. The predicted octanol–water partition coefficient (Wildman–Crippen LogP) is 5.04. The maximum atomic E-state index is 6.25. The summed E-state index contributed by atoms with van der Waals surface area (Å²) < 4.78 is 11.6. The highest BCUT2D eigenvalue weighted by Crippen LogP contribution is 2.36. The van der Waals surface area contributed by atoms with Gasteiger partial charge in [-0.15, -0.1) is 0 Å². The zero-order valence-corrected chi connectivity index (χ0v) is 14.5. The number of hydrogen-bond donors (Lipinski definition) is 1. The first kappa shape index (κ1) is 16.0. The first-order valence-electron chi connectivity index (χ1n) is 6.45. The van der Waals surface area contributed by atoms with Crippen LogP contribution in [0.2, 0.25) is 5.02 Å². The Morgan fingerprint density at radius 2 is 1.76 bits per heavy atom. The highest BCUT2D eigenvalue weighted by atomic mass is 79.9. The average Bonchev–Trinajstić information content (AvgIpc) is 2.49. The van der Waals surface area contributed by atoms with Gasteiger partial charge in [0.2, 0.25) is 0 Å². The van der Waals surface area contributed by atoms with E-state index in [0.717, 1.165) is 10.2 Å². The summed E-state index contributed by atoms with van der Waals surface area (Å²) in [5.41, 5.74) is 3.20. The molecule has 2 aromatic rings. The van der Waals surface area contributed by atoms with Crippen LogP contribution in [0, 0.1) is 6.92 Å². The molecule has 0 unspecified atom stereocenters. The van der Waals surface area contributed by atoms with E-state index in [1.54, 1.807) is 20.3 Å². The second-order valence-corrected chi connectivity index (χ2v) is 5.89. The minimum atomic E-state index is 0.599. The van der Waals surface area contributed by atoms with Crippen LogP contribution >= 0.6 is 27.5 Å². The Morgan fingerprint density at radius 3 is 2.38 bits per heavy atom. The van der Waals surface area contributed by atoms with E-state index in [1.165, 1.54) is 11.1 Å². The molecular weight excluding hydrogens is 354 g/mol. The van der Waals surface area contributed by atoms with Gasteiger partial charge in [-0.1, -0.05) is 39.7 Å². The summed E-state index contributed by atoms with van der Waals surface area (Å²) in [6.45, 7) is 2.75. The van der Waals surface area contributed by atoms with E-state index in [9.17, 15) is 0 Å². The molecule has 112 valence electrons. The van der Waals surface area contributed by atoms with Gasteiger partial charge in [0, 0.05) is 23.2 Å². The first-order chi connectivity index (χ1) is 10.0. The third kappa shape index (κ3) is 3.83. The summed E-state index contributed by atoms with van der Waals surface area (Å²) in [6.07, 6.45) is 0. The fraction of sp³-hybridized carbons (Fsp3) is 0.250. The van der Waals surface area contributed by atoms with Gasteiger partial charge in [-0.3, -0.25) is 0 Å². The molecule has 0 spiro atoms. The zero-order valence-electron chi connectivity index (χ0n) is 12.2. The van der Waals surface area contributed by atoms with Crippen LogP contribution in [0.4, 0.5) is 5.69 Å². The largest absolute Gasteiger partial charge is 0.493 e. The van der Waals surface area contributed by atoms with Gasteiger partial charge >= 0.3 is 0 Å². The van der Waals surface area contributed by atoms with Crippen LogP contribution in [-0.2, 0) is 6.54 Å². The molecule has 21 heavy (non-hydrogen) atoms. The standard InChI is InChI=1S/C16H17BrClNO2/c1-10-6-11(4-5-12(10)17)9-19-14-8-16(21-3)15(20-2)7-13(14)18/h4-8,19H,9H2,1-3H3. The number of ether oxygens (including phenoxy) is 2. The van der Waals surface area contributed by atoms with Crippen molar-refractivity contribution in [3.05, 3.63) is 51.0 Å². The summed E-state index contributed by atoms with van der Waals surface area (Å²) >= 11 is 9.75. The van der Waals surface area contributed by atoms with E-state index in [-0.39, 0.29) is 0 Å². The average molecular weight is 371 g/mol. The number of nitrogens with one attached hydrogen (secondary N) is 1. The van der Waals surface area contributed by atoms with Crippen molar-refractivity contribution >= 4 is 33.2 Å². The monoisotopic (exact) mass is 369 g/mol. The summed E-state index contributed by atoms with van der Waals surface area (Å²) in [4.78, 5) is 0. The Bertz CT molecular complexity index is 646. The zero-order chi connectivity index (χ0) is 15.4. The molecule has 0 amide bonds. The van der Waals surface area contributed by atoms with Crippen LogP contribution in [0.1, 0.15) is 11.1 Å². The molecule has 5 heteroatoms. The molecule has 0 radical (unpaired) electrons. The normalized spacial score (nSPS) is 10.3. The van der Waals surface area contributed by atoms with Gasteiger partial charge in [-0.25, -0.2) is 0 Å². The number of aryl methyl sites for hydroxylation is 1. The van der Waals surface area contributed by atoms with Gasteiger partial charge in [-0.2, -0.15) is 0 Å². The summed E-state index contributed by atoms with van der Waals surface area (Å²) in [5, 5.41) is 3.92. The van der Waals surface area contributed by atoms with Gasteiger partial charge in [0.25, 0.3) is 0 Å². The molecule has 2 aromatic carbocycles. The van der Waals surface area contributed by atoms with Crippen molar-refractivity contribution < 1.29 is 9.47 Å². The van der Waals surface area contributed by atoms with Crippen molar-refractivity contribution in [2.75, 3.05) is 19.5 Å². The van der Waals surface area contributed by atoms with Gasteiger partial charge in [0.15, 0.2) is 11.5 Å². The molecule has 1 N–H and O–H groups in total. The molecule has 0 fully saturated rings. The minimum Gasteiger partial charge on any atom is -0.493 e. The van der Waals surface area contributed by atoms with Crippen molar-refractivity contribution in [3.8, 4) is 11.5 Å². The van der Waals surface area contributed by atoms with Crippen LogP contribution in [-0.4, -0.2) is 14.2 Å². The predicted molar refractivity (Wildman–Crippen MR) is 90.8 cm³/mol. The molecule has 0 saturated carbocycles. The van der Waals surface area contributed by atoms with E-state index in [2.05, 4.69) is 40.3 Å². The van der Waals surface area contributed by atoms with Crippen LogP contribution in [0.25, 0.3) is 0 Å². The molecule has 0 atom stereocenters. The fourth-order valence-electron chi connectivity index (χ4n) is 2.00. The number of benzene rings is 2. The van der Waals surface area contributed by atoms with Gasteiger partial charge < -0.3 is 14.8 Å². The fourth-order valence-corrected chi connectivity index (χ4v) is 2.47. The molecule has 0 aliphatic heterocycles. The second-order valence-electron chi connectivity index (χ2n) is 4.62. The molecule has 0 heterocycles. The highest BCUT2D eigenvalue weighted by molar-refractivity contribution is 9.10. The van der Waals surface area contributed by atoms with Crippen molar-refractivity contribution in [2.24, 2.45) is 0 Å². The Hall–Kier alpha value is -1.39. The van der Waals surface area contributed by atoms with Gasteiger partial charge in [0.05, 0.1) is 24.9 Å². The Kier molecular flexibility index (Phi) is 5.37. The maximum absolute atomic E-state index is 6.25. The van der Waals surface area contributed by atoms with Crippen molar-refractivity contribution in [1.29, 1.82) is 0 Å². The van der Waals surface area contributed by atoms with Crippen LogP contribution < -0.4 is 14.8 Å². The Labute approximate surface area is 138 Å². The summed E-state index contributed by atoms with van der Waals surface area (Å²) in [6, 6.07) is 9.83. The second kappa shape index (κ2) is 7.05. The Balaban J connectivity index is 2.17. The molecule has 0 bridgehead atoms. The van der Waals surface area contributed by atoms with Gasteiger partial charge in [-0.05, 0) is 24.1 Å². The minimum absolute atomic E-state index is 0.599. The Morgan fingerprint density at radius 1 is 1.10 bits per heavy atom. The lowest BCUT2D eigenvalue weighted by Crippen LogP contribution is -2.01. The highest BCUT2D eigenvalue weighted by Gasteiger charge is 2.09. The molecule has 0 aromatic heterocycles. The number of halogens is 2. The number of methoxy groups -OCH3 is 2. The van der Waals surface area contributed by atoms with E-state index < -0.39 is 0 Å². The van der Waals surface area contributed by atoms with Crippen molar-refractivity contribution in [3.63, 3.8) is 0 Å². The van der Waals surface area contributed by atoms with Crippen LogP contribution in [0.3, 0.4) is 0 Å². The van der Waals surface area contributed by atoms with E-state index in [0.29, 0.717) is 23.1 Å². The van der Waals surface area contributed by atoms with Crippen LogP contribution in [0.5, 0.6) is 11.5 Å². The summed E-state index contributed by atoms with van der Waals surface area (Å²) in [7, 11) is 3.19.